The number of nitrogens with zero attached hydrogens (tertiary/aromatic N) is 1. The number of aliphatic hydroxyl groups is 1. The molecule has 2 rings (SSSR count). The Morgan fingerprint density at radius 1 is 1.38 bits per heavy atom. The van der Waals surface area contributed by atoms with Gasteiger partial charge >= 0.3 is 0 Å². The molecule has 1 heterocycles. The predicted octanol–water partition coefficient (Wildman–Crippen LogP) is 0.986. The lowest BCUT2D eigenvalue weighted by molar-refractivity contribution is 0.260. The maximum absolute atomic E-state index is 12.8. The van der Waals surface area contributed by atoms with Gasteiger partial charge in [0, 0.05) is 18.8 Å². The van der Waals surface area contributed by atoms with Gasteiger partial charge in [0.25, 0.3) is 0 Å². The Hall–Kier alpha value is -1.13. The van der Waals surface area contributed by atoms with Crippen molar-refractivity contribution in [1.29, 1.82) is 0 Å². The largest absolute Gasteiger partial charge is 0.394 e. The van der Waals surface area contributed by atoms with E-state index in [0.29, 0.717) is 0 Å². The van der Waals surface area contributed by atoms with Gasteiger partial charge in [0.1, 0.15) is 5.82 Å². The molecule has 1 aromatic rings. The summed E-state index contributed by atoms with van der Waals surface area (Å²) in [7, 11) is 0. The molecular formula is C12H17FN2O. The van der Waals surface area contributed by atoms with Gasteiger partial charge in [0.15, 0.2) is 0 Å². The van der Waals surface area contributed by atoms with Crippen LogP contribution >= 0.6 is 0 Å². The van der Waals surface area contributed by atoms with E-state index in [4.69, 9.17) is 0 Å². The summed E-state index contributed by atoms with van der Waals surface area (Å²) >= 11 is 0. The third kappa shape index (κ3) is 2.51. The minimum absolute atomic E-state index is 0.0768. The lowest BCUT2D eigenvalue weighted by Crippen LogP contribution is -2.42. The second-order valence-electron chi connectivity index (χ2n) is 4.06. The van der Waals surface area contributed by atoms with Crippen molar-refractivity contribution in [2.45, 2.75) is 12.5 Å². The summed E-state index contributed by atoms with van der Waals surface area (Å²) in [6.07, 6.45) is 1.04. The maximum Gasteiger partial charge on any atom is 0.123 e. The van der Waals surface area contributed by atoms with Crippen LogP contribution in [-0.4, -0.2) is 37.4 Å². The molecule has 0 amide bonds. The van der Waals surface area contributed by atoms with Gasteiger partial charge in [0.05, 0.1) is 12.6 Å². The highest BCUT2D eigenvalue weighted by molar-refractivity contribution is 5.47. The highest BCUT2D eigenvalue weighted by Crippen LogP contribution is 2.18. The molecule has 0 aliphatic carbocycles. The van der Waals surface area contributed by atoms with Gasteiger partial charge in [-0.05, 0) is 37.2 Å². The molecule has 4 heteroatoms. The first-order chi connectivity index (χ1) is 7.81. The molecule has 1 unspecified atom stereocenters. The molecule has 0 saturated carbocycles. The second-order valence-corrected chi connectivity index (χ2v) is 4.06. The van der Waals surface area contributed by atoms with Gasteiger partial charge in [0.2, 0.25) is 0 Å². The highest BCUT2D eigenvalue weighted by atomic mass is 19.1. The van der Waals surface area contributed by atoms with E-state index in [9.17, 15) is 9.50 Å². The first-order valence-electron chi connectivity index (χ1n) is 5.65. The van der Waals surface area contributed by atoms with E-state index in [-0.39, 0.29) is 18.5 Å². The molecule has 1 saturated heterocycles. The molecule has 88 valence electrons. The fourth-order valence-electron chi connectivity index (χ4n) is 2.07. The van der Waals surface area contributed by atoms with E-state index < -0.39 is 0 Å². The summed E-state index contributed by atoms with van der Waals surface area (Å²) in [6, 6.07) is 6.53. The number of rotatable bonds is 2. The van der Waals surface area contributed by atoms with E-state index in [1.807, 2.05) is 0 Å². The van der Waals surface area contributed by atoms with Gasteiger partial charge < -0.3 is 15.3 Å². The molecular weight excluding hydrogens is 207 g/mol. The molecule has 16 heavy (non-hydrogen) atoms. The molecule has 2 N–H and O–H groups in total. The van der Waals surface area contributed by atoms with Crippen LogP contribution in [0, 0.1) is 5.82 Å². The van der Waals surface area contributed by atoms with Crippen LogP contribution in [0.1, 0.15) is 6.42 Å². The number of aliphatic hydroxyl groups excluding tert-OH is 1. The first kappa shape index (κ1) is 11.4. The third-order valence-electron chi connectivity index (χ3n) is 2.94. The lowest BCUT2D eigenvalue weighted by atomic mass is 10.2. The van der Waals surface area contributed by atoms with E-state index in [1.54, 1.807) is 12.1 Å². The van der Waals surface area contributed by atoms with Crippen LogP contribution in [0.3, 0.4) is 0 Å². The summed E-state index contributed by atoms with van der Waals surface area (Å²) in [5, 5.41) is 12.6. The summed E-state index contributed by atoms with van der Waals surface area (Å²) in [5.41, 5.74) is 0.976. The third-order valence-corrected chi connectivity index (χ3v) is 2.94. The standard InChI is InChI=1S/C12H17FN2O/c13-10-2-4-11(5-3-10)15-7-1-6-14-8-12(15)9-16/h2-5,12,14,16H,1,6-9H2. The molecule has 1 aromatic carbocycles. The molecule has 0 spiro atoms. The number of anilines is 1. The summed E-state index contributed by atoms with van der Waals surface area (Å²) in [5.74, 6) is -0.225. The maximum atomic E-state index is 12.8. The number of benzene rings is 1. The SMILES string of the molecule is OCC1CNCCCN1c1ccc(F)cc1. The molecule has 3 nitrogen and oxygen atoms in total. The van der Waals surface area contributed by atoms with Crippen molar-refractivity contribution < 1.29 is 9.50 Å². The number of halogens is 1. The quantitative estimate of drug-likeness (QED) is 0.786. The second kappa shape index (κ2) is 5.27. The van der Waals surface area contributed by atoms with Gasteiger partial charge in [-0.25, -0.2) is 4.39 Å². The highest BCUT2D eigenvalue weighted by Gasteiger charge is 2.20. The Bertz CT molecular complexity index is 328. The molecule has 1 aliphatic heterocycles. The van der Waals surface area contributed by atoms with Crippen molar-refractivity contribution >= 4 is 5.69 Å². The molecule has 1 aliphatic rings. The molecule has 0 bridgehead atoms. The molecule has 0 radical (unpaired) electrons. The van der Waals surface area contributed by atoms with Crippen LogP contribution in [0.25, 0.3) is 0 Å². The number of nitrogens with one attached hydrogen (secondary N) is 1. The monoisotopic (exact) mass is 224 g/mol. The average molecular weight is 224 g/mol. The van der Waals surface area contributed by atoms with Crippen LogP contribution in [0.15, 0.2) is 24.3 Å². The van der Waals surface area contributed by atoms with Gasteiger partial charge in [-0.15, -0.1) is 0 Å². The summed E-state index contributed by atoms with van der Waals surface area (Å²) in [6.45, 7) is 2.75. The minimum atomic E-state index is -0.225. The molecule has 1 atom stereocenters. The van der Waals surface area contributed by atoms with Gasteiger partial charge in [-0.3, -0.25) is 0 Å². The van der Waals surface area contributed by atoms with E-state index >= 15 is 0 Å². The average Bonchev–Trinajstić information content (AvgIpc) is 2.55. The number of hydrogen-bond acceptors (Lipinski definition) is 3. The minimum Gasteiger partial charge on any atom is -0.394 e. The van der Waals surface area contributed by atoms with Crippen LogP contribution in [0.4, 0.5) is 10.1 Å². The van der Waals surface area contributed by atoms with Crippen molar-refractivity contribution in [3.05, 3.63) is 30.1 Å². The van der Waals surface area contributed by atoms with Crippen molar-refractivity contribution in [1.82, 2.24) is 5.32 Å². The molecule has 1 fully saturated rings. The zero-order chi connectivity index (χ0) is 11.4. The summed E-state index contributed by atoms with van der Waals surface area (Å²) in [4.78, 5) is 2.14. The topological polar surface area (TPSA) is 35.5 Å². The zero-order valence-corrected chi connectivity index (χ0v) is 9.19. The van der Waals surface area contributed by atoms with Crippen LogP contribution < -0.4 is 10.2 Å². The fraction of sp³-hybridized carbons (Fsp3) is 0.500. The van der Waals surface area contributed by atoms with Crippen LogP contribution in [0.5, 0.6) is 0 Å². The van der Waals surface area contributed by atoms with Gasteiger partial charge in [-0.1, -0.05) is 0 Å². The Labute approximate surface area is 94.9 Å². The van der Waals surface area contributed by atoms with Crippen molar-refractivity contribution in [3.8, 4) is 0 Å². The smallest absolute Gasteiger partial charge is 0.123 e. The van der Waals surface area contributed by atoms with E-state index in [2.05, 4.69) is 10.2 Å². The summed E-state index contributed by atoms with van der Waals surface area (Å²) < 4.78 is 12.8. The van der Waals surface area contributed by atoms with Crippen LogP contribution in [-0.2, 0) is 0 Å². The lowest BCUT2D eigenvalue weighted by Gasteiger charge is -2.30. The first-order valence-corrected chi connectivity index (χ1v) is 5.65. The predicted molar refractivity (Wildman–Crippen MR) is 62.1 cm³/mol. The Morgan fingerprint density at radius 3 is 2.81 bits per heavy atom. The fourth-order valence-corrected chi connectivity index (χ4v) is 2.07. The van der Waals surface area contributed by atoms with Crippen molar-refractivity contribution in [2.24, 2.45) is 0 Å². The Morgan fingerprint density at radius 2 is 2.12 bits per heavy atom. The molecule has 0 aromatic heterocycles. The van der Waals surface area contributed by atoms with Gasteiger partial charge in [-0.2, -0.15) is 0 Å². The number of hydrogen-bond donors (Lipinski definition) is 2. The zero-order valence-electron chi connectivity index (χ0n) is 9.19. The van der Waals surface area contributed by atoms with E-state index in [1.165, 1.54) is 12.1 Å². The van der Waals surface area contributed by atoms with Crippen molar-refractivity contribution in [3.63, 3.8) is 0 Å². The Balaban J connectivity index is 2.18. The van der Waals surface area contributed by atoms with Crippen LogP contribution in [0.2, 0.25) is 0 Å². The van der Waals surface area contributed by atoms with E-state index in [0.717, 1.165) is 31.7 Å². The Kier molecular flexibility index (Phi) is 3.74. The van der Waals surface area contributed by atoms with Crippen molar-refractivity contribution in [2.75, 3.05) is 31.1 Å². The normalized spacial score (nSPS) is 21.9.